The maximum atomic E-state index is 13.6. The molecule has 2 aromatic rings. The van der Waals surface area contributed by atoms with E-state index in [2.05, 4.69) is 4.98 Å². The summed E-state index contributed by atoms with van der Waals surface area (Å²) in [7, 11) is 1.46. The molecule has 110 valence electrons. The molecule has 7 heteroatoms. The molecule has 0 saturated heterocycles. The number of benzene rings is 1. The molecular weight excluding hydrogens is 321 g/mol. The molecule has 0 saturated carbocycles. The fourth-order valence-corrected chi connectivity index (χ4v) is 2.17. The molecule has 0 aliphatic carbocycles. The van der Waals surface area contributed by atoms with E-state index in [1.54, 1.807) is 18.2 Å². The first-order chi connectivity index (χ1) is 9.91. The highest BCUT2D eigenvalue weighted by atomic mass is 35.5. The Kier molecular flexibility index (Phi) is 4.75. The van der Waals surface area contributed by atoms with Crippen molar-refractivity contribution >= 4 is 29.1 Å². The van der Waals surface area contributed by atoms with Crippen molar-refractivity contribution in [2.24, 2.45) is 0 Å². The molecule has 0 N–H and O–H groups in total. The van der Waals surface area contributed by atoms with Crippen LogP contribution in [0.2, 0.25) is 10.0 Å². The Labute approximate surface area is 130 Å². The largest absolute Gasteiger partial charge is 0.337 e. The van der Waals surface area contributed by atoms with Crippen molar-refractivity contribution in [1.82, 2.24) is 9.88 Å². The highest BCUT2D eigenvalue weighted by molar-refractivity contribution is 6.42. The molecule has 0 unspecified atom stereocenters. The Hall–Kier alpha value is -1.72. The lowest BCUT2D eigenvalue weighted by molar-refractivity contribution is 0.0779. The molecule has 0 aliphatic rings. The maximum absolute atomic E-state index is 13.6. The second-order valence-electron chi connectivity index (χ2n) is 4.34. The minimum absolute atomic E-state index is 0.113. The zero-order chi connectivity index (χ0) is 15.6. The number of hydrogen-bond acceptors (Lipinski definition) is 2. The first kappa shape index (κ1) is 15.7. The number of carbonyl (C=O) groups excluding carboxylic acids is 1. The van der Waals surface area contributed by atoms with Crippen LogP contribution in [0.25, 0.3) is 0 Å². The summed E-state index contributed by atoms with van der Waals surface area (Å²) < 4.78 is 26.6. The summed E-state index contributed by atoms with van der Waals surface area (Å²) in [6.07, 6.45) is 1.03. The lowest BCUT2D eigenvalue weighted by Crippen LogP contribution is -2.27. The van der Waals surface area contributed by atoms with Gasteiger partial charge in [-0.3, -0.25) is 4.79 Å². The molecule has 1 amide bonds. The Bertz CT molecular complexity index is 695. The van der Waals surface area contributed by atoms with Gasteiger partial charge in [-0.1, -0.05) is 35.3 Å². The van der Waals surface area contributed by atoms with Crippen LogP contribution in [-0.2, 0) is 6.54 Å². The van der Waals surface area contributed by atoms with Crippen LogP contribution in [0.3, 0.4) is 0 Å². The first-order valence-corrected chi connectivity index (χ1v) is 6.65. The molecule has 0 radical (unpaired) electrons. The van der Waals surface area contributed by atoms with Crippen molar-refractivity contribution in [2.45, 2.75) is 6.54 Å². The number of rotatable bonds is 3. The standard InChI is InChI=1S/C14H10Cl2F2N2O/c1-20(7-8-3-2-4-10(15)11(8)16)14(21)9-5-6-19-13(18)12(9)17/h2-6H,7H2,1H3. The van der Waals surface area contributed by atoms with E-state index in [1.807, 2.05) is 0 Å². The SMILES string of the molecule is CN(Cc1cccc(Cl)c1Cl)C(=O)c1ccnc(F)c1F. The molecule has 0 aliphatic heterocycles. The van der Waals surface area contributed by atoms with Gasteiger partial charge >= 0.3 is 0 Å². The van der Waals surface area contributed by atoms with Crippen LogP contribution in [0.15, 0.2) is 30.5 Å². The van der Waals surface area contributed by atoms with Gasteiger partial charge in [-0.15, -0.1) is 0 Å². The van der Waals surface area contributed by atoms with Gasteiger partial charge in [-0.2, -0.15) is 4.39 Å². The third-order valence-corrected chi connectivity index (χ3v) is 3.72. The monoisotopic (exact) mass is 330 g/mol. The quantitative estimate of drug-likeness (QED) is 0.798. The summed E-state index contributed by atoms with van der Waals surface area (Å²) in [5, 5.41) is 0.677. The number of nitrogens with zero attached hydrogens (tertiary/aromatic N) is 2. The number of carbonyl (C=O) groups is 1. The summed E-state index contributed by atoms with van der Waals surface area (Å²) in [6.45, 7) is 0.113. The zero-order valence-electron chi connectivity index (χ0n) is 10.9. The Balaban J connectivity index is 2.24. The lowest BCUT2D eigenvalue weighted by Gasteiger charge is -2.18. The summed E-state index contributed by atoms with van der Waals surface area (Å²) in [5.74, 6) is -3.26. The number of aromatic nitrogens is 1. The van der Waals surface area contributed by atoms with E-state index in [4.69, 9.17) is 23.2 Å². The number of hydrogen-bond donors (Lipinski definition) is 0. The van der Waals surface area contributed by atoms with Crippen molar-refractivity contribution in [3.8, 4) is 0 Å². The van der Waals surface area contributed by atoms with E-state index in [-0.39, 0.29) is 12.1 Å². The molecule has 0 bridgehead atoms. The van der Waals surface area contributed by atoms with Crippen LogP contribution in [0.5, 0.6) is 0 Å². The van der Waals surface area contributed by atoms with E-state index < -0.39 is 17.7 Å². The highest BCUT2D eigenvalue weighted by Crippen LogP contribution is 2.26. The number of amides is 1. The van der Waals surface area contributed by atoms with Crippen molar-refractivity contribution < 1.29 is 13.6 Å². The van der Waals surface area contributed by atoms with E-state index in [0.29, 0.717) is 15.6 Å². The van der Waals surface area contributed by atoms with Gasteiger partial charge in [0.05, 0.1) is 15.6 Å². The molecule has 3 nitrogen and oxygen atoms in total. The smallest absolute Gasteiger partial charge is 0.257 e. The molecule has 0 fully saturated rings. The maximum Gasteiger partial charge on any atom is 0.257 e. The van der Waals surface area contributed by atoms with E-state index in [9.17, 15) is 13.6 Å². The average molecular weight is 331 g/mol. The normalized spacial score (nSPS) is 10.5. The Morgan fingerprint density at radius 2 is 2.00 bits per heavy atom. The van der Waals surface area contributed by atoms with Gasteiger partial charge < -0.3 is 4.90 Å². The predicted molar refractivity (Wildman–Crippen MR) is 76.4 cm³/mol. The average Bonchev–Trinajstić information content (AvgIpc) is 2.46. The van der Waals surface area contributed by atoms with Crippen LogP contribution in [-0.4, -0.2) is 22.8 Å². The lowest BCUT2D eigenvalue weighted by atomic mass is 10.2. The molecule has 1 heterocycles. The highest BCUT2D eigenvalue weighted by Gasteiger charge is 2.20. The molecule has 0 spiro atoms. The van der Waals surface area contributed by atoms with E-state index in [0.717, 1.165) is 12.3 Å². The number of pyridine rings is 1. The van der Waals surface area contributed by atoms with E-state index in [1.165, 1.54) is 11.9 Å². The van der Waals surface area contributed by atoms with Gasteiger partial charge in [0, 0.05) is 19.8 Å². The predicted octanol–water partition coefficient (Wildman–Crippen LogP) is 3.94. The summed E-state index contributed by atoms with van der Waals surface area (Å²) in [5.41, 5.74) is 0.220. The zero-order valence-corrected chi connectivity index (χ0v) is 12.4. The van der Waals surface area contributed by atoms with Crippen molar-refractivity contribution in [2.75, 3.05) is 7.05 Å². The second kappa shape index (κ2) is 6.37. The molecule has 1 aromatic heterocycles. The fraction of sp³-hybridized carbons (Fsp3) is 0.143. The third kappa shape index (κ3) is 3.31. The van der Waals surface area contributed by atoms with Crippen LogP contribution >= 0.6 is 23.2 Å². The Morgan fingerprint density at radius 3 is 2.71 bits per heavy atom. The molecular formula is C14H10Cl2F2N2O. The van der Waals surface area contributed by atoms with Crippen LogP contribution < -0.4 is 0 Å². The van der Waals surface area contributed by atoms with Gasteiger partial charge in [0.25, 0.3) is 5.91 Å². The minimum Gasteiger partial charge on any atom is -0.337 e. The van der Waals surface area contributed by atoms with Crippen LogP contribution in [0, 0.1) is 11.8 Å². The van der Waals surface area contributed by atoms with Crippen LogP contribution in [0.1, 0.15) is 15.9 Å². The molecule has 21 heavy (non-hydrogen) atoms. The molecule has 2 rings (SSSR count). The van der Waals surface area contributed by atoms with Gasteiger partial charge in [-0.05, 0) is 17.7 Å². The van der Waals surface area contributed by atoms with Gasteiger partial charge in [0.15, 0.2) is 5.82 Å². The van der Waals surface area contributed by atoms with Gasteiger partial charge in [0.1, 0.15) is 0 Å². The summed E-state index contributed by atoms with van der Waals surface area (Å²) >= 11 is 11.9. The second-order valence-corrected chi connectivity index (χ2v) is 5.12. The summed E-state index contributed by atoms with van der Waals surface area (Å²) in [6, 6.07) is 6.12. The van der Waals surface area contributed by atoms with Crippen LogP contribution in [0.4, 0.5) is 8.78 Å². The first-order valence-electron chi connectivity index (χ1n) is 5.90. The molecule has 0 atom stereocenters. The molecule has 1 aromatic carbocycles. The Morgan fingerprint density at radius 1 is 1.29 bits per heavy atom. The topological polar surface area (TPSA) is 33.2 Å². The minimum atomic E-state index is -1.31. The summed E-state index contributed by atoms with van der Waals surface area (Å²) in [4.78, 5) is 16.5. The fourth-order valence-electron chi connectivity index (χ4n) is 1.79. The third-order valence-electron chi connectivity index (χ3n) is 2.86. The van der Waals surface area contributed by atoms with Crippen molar-refractivity contribution in [3.63, 3.8) is 0 Å². The number of halogens is 4. The van der Waals surface area contributed by atoms with E-state index >= 15 is 0 Å². The van der Waals surface area contributed by atoms with Gasteiger partial charge in [-0.25, -0.2) is 9.37 Å². The van der Waals surface area contributed by atoms with Gasteiger partial charge in [0.2, 0.25) is 5.95 Å². The van der Waals surface area contributed by atoms with Crippen molar-refractivity contribution in [1.29, 1.82) is 0 Å². The van der Waals surface area contributed by atoms with Crippen molar-refractivity contribution in [3.05, 3.63) is 63.4 Å².